The molecule has 0 aliphatic heterocycles. The van der Waals surface area contributed by atoms with E-state index in [-0.39, 0.29) is 5.28 Å². The summed E-state index contributed by atoms with van der Waals surface area (Å²) >= 11 is 7.28. The average Bonchev–Trinajstić information content (AvgIpc) is 2.47. The number of fused-ring (bicyclic) bond motifs is 1. The molecular weight excluding hydrogens is 308 g/mol. The first-order valence-corrected chi connectivity index (χ1v) is 7.29. The molecule has 6 nitrogen and oxygen atoms in total. The van der Waals surface area contributed by atoms with E-state index in [0.717, 1.165) is 15.9 Å². The van der Waals surface area contributed by atoms with Gasteiger partial charge in [-0.15, -0.1) is 0 Å². The summed E-state index contributed by atoms with van der Waals surface area (Å²) in [7, 11) is 3.69. The predicted octanol–water partition coefficient (Wildman–Crippen LogP) is 2.69. The summed E-state index contributed by atoms with van der Waals surface area (Å²) in [6, 6.07) is 7.79. The van der Waals surface area contributed by atoms with E-state index in [2.05, 4.69) is 24.9 Å². The number of halogens is 1. The fraction of sp³-hybridized carbons (Fsp3) is 0.154. The van der Waals surface area contributed by atoms with Crippen molar-refractivity contribution in [2.75, 3.05) is 19.0 Å². The fourth-order valence-electron chi connectivity index (χ4n) is 1.72. The fourth-order valence-corrected chi connectivity index (χ4v) is 2.74. The minimum atomic E-state index is 0.162. The van der Waals surface area contributed by atoms with Crippen molar-refractivity contribution in [3.8, 4) is 0 Å². The van der Waals surface area contributed by atoms with E-state index in [0.29, 0.717) is 11.1 Å². The molecule has 0 aliphatic rings. The Morgan fingerprint density at radius 3 is 2.67 bits per heavy atom. The van der Waals surface area contributed by atoms with Crippen molar-refractivity contribution >= 4 is 40.2 Å². The van der Waals surface area contributed by atoms with Gasteiger partial charge in [-0.2, -0.15) is 15.0 Å². The third-order valence-corrected chi connectivity index (χ3v) is 3.72. The molecule has 3 rings (SSSR count). The van der Waals surface area contributed by atoms with Crippen molar-refractivity contribution in [2.45, 2.75) is 10.2 Å². The number of hydrogen-bond acceptors (Lipinski definition) is 7. The monoisotopic (exact) mass is 318 g/mol. The zero-order valence-electron chi connectivity index (χ0n) is 11.4. The molecule has 3 aromatic rings. The zero-order valence-corrected chi connectivity index (χ0v) is 12.9. The Bertz CT molecular complexity index is 789. The number of rotatable bonds is 3. The number of hydrogen-bond donors (Lipinski definition) is 0. The van der Waals surface area contributed by atoms with Gasteiger partial charge in [0, 0.05) is 19.5 Å². The lowest BCUT2D eigenvalue weighted by Crippen LogP contribution is -2.13. The van der Waals surface area contributed by atoms with Gasteiger partial charge in [0.15, 0.2) is 5.16 Å². The Balaban J connectivity index is 2.03. The highest BCUT2D eigenvalue weighted by Crippen LogP contribution is 2.29. The molecule has 2 aromatic heterocycles. The summed E-state index contributed by atoms with van der Waals surface area (Å²) in [6.45, 7) is 0. The van der Waals surface area contributed by atoms with Gasteiger partial charge < -0.3 is 4.90 Å². The molecule has 106 valence electrons. The number of anilines is 1. The van der Waals surface area contributed by atoms with E-state index < -0.39 is 0 Å². The molecule has 0 amide bonds. The van der Waals surface area contributed by atoms with Crippen molar-refractivity contribution in [3.63, 3.8) is 0 Å². The van der Waals surface area contributed by atoms with Crippen molar-refractivity contribution < 1.29 is 0 Å². The zero-order chi connectivity index (χ0) is 14.8. The Labute approximate surface area is 130 Å². The van der Waals surface area contributed by atoms with Crippen LogP contribution in [0.3, 0.4) is 0 Å². The van der Waals surface area contributed by atoms with Crippen LogP contribution in [0.4, 0.5) is 5.95 Å². The van der Waals surface area contributed by atoms with Crippen LogP contribution < -0.4 is 4.90 Å². The number of para-hydroxylation sites is 1. The van der Waals surface area contributed by atoms with E-state index in [9.17, 15) is 0 Å². The van der Waals surface area contributed by atoms with Gasteiger partial charge in [0.05, 0.1) is 5.52 Å². The molecule has 0 N–H and O–H groups in total. The molecule has 1 aromatic carbocycles. The van der Waals surface area contributed by atoms with Crippen LogP contribution in [-0.4, -0.2) is 39.0 Å². The molecule has 0 saturated heterocycles. The molecule has 2 heterocycles. The topological polar surface area (TPSA) is 67.7 Å². The standard InChI is InChI=1S/C13H11ClN6S/c1-20(2)12-17-11(14)18-13(19-12)21-10-8-5-3-4-6-9(8)15-7-16-10/h3-7H,1-2H3. The molecule has 0 bridgehead atoms. The third kappa shape index (κ3) is 3.03. The maximum atomic E-state index is 5.94. The quantitative estimate of drug-likeness (QED) is 0.688. The van der Waals surface area contributed by atoms with Gasteiger partial charge in [-0.25, -0.2) is 9.97 Å². The first kappa shape index (κ1) is 14.0. The van der Waals surface area contributed by atoms with Gasteiger partial charge in [-0.3, -0.25) is 0 Å². The first-order chi connectivity index (χ1) is 10.1. The average molecular weight is 319 g/mol. The lowest BCUT2D eigenvalue weighted by molar-refractivity contribution is 0.864. The van der Waals surface area contributed by atoms with Crippen molar-refractivity contribution in [3.05, 3.63) is 35.9 Å². The summed E-state index contributed by atoms with van der Waals surface area (Å²) in [5, 5.41) is 2.40. The summed E-state index contributed by atoms with van der Waals surface area (Å²) in [6.07, 6.45) is 1.53. The Hall–Kier alpha value is -1.99. The smallest absolute Gasteiger partial charge is 0.230 e. The van der Waals surface area contributed by atoms with Crippen LogP contribution in [0.2, 0.25) is 5.28 Å². The predicted molar refractivity (Wildman–Crippen MR) is 82.8 cm³/mol. The normalized spacial score (nSPS) is 10.8. The van der Waals surface area contributed by atoms with E-state index in [4.69, 9.17) is 11.6 Å². The summed E-state index contributed by atoms with van der Waals surface area (Å²) in [4.78, 5) is 22.9. The first-order valence-electron chi connectivity index (χ1n) is 6.10. The molecule has 0 atom stereocenters. The van der Waals surface area contributed by atoms with Crippen molar-refractivity contribution in [1.82, 2.24) is 24.9 Å². The number of nitrogens with zero attached hydrogens (tertiary/aromatic N) is 6. The molecule has 0 unspecified atom stereocenters. The van der Waals surface area contributed by atoms with Crippen molar-refractivity contribution in [1.29, 1.82) is 0 Å². The lowest BCUT2D eigenvalue weighted by Gasteiger charge is -2.10. The van der Waals surface area contributed by atoms with E-state index in [1.807, 2.05) is 38.4 Å². The van der Waals surface area contributed by atoms with Crippen LogP contribution in [0.1, 0.15) is 0 Å². The van der Waals surface area contributed by atoms with E-state index in [1.165, 1.54) is 18.1 Å². The second-order valence-corrected chi connectivity index (χ2v) is 5.67. The van der Waals surface area contributed by atoms with Crippen LogP contribution in [0.15, 0.2) is 40.8 Å². The summed E-state index contributed by atoms with van der Waals surface area (Å²) in [5.41, 5.74) is 0.878. The number of benzene rings is 1. The third-order valence-electron chi connectivity index (χ3n) is 2.67. The van der Waals surface area contributed by atoms with Gasteiger partial charge in [0.25, 0.3) is 0 Å². The van der Waals surface area contributed by atoms with Gasteiger partial charge >= 0.3 is 0 Å². The molecule has 8 heteroatoms. The van der Waals surface area contributed by atoms with E-state index in [1.54, 1.807) is 4.90 Å². The second kappa shape index (κ2) is 5.79. The molecule has 21 heavy (non-hydrogen) atoms. The highest BCUT2D eigenvalue weighted by Gasteiger charge is 2.11. The molecule has 0 aliphatic carbocycles. The molecular formula is C13H11ClN6S. The lowest BCUT2D eigenvalue weighted by atomic mass is 10.2. The minimum Gasteiger partial charge on any atom is -0.347 e. The van der Waals surface area contributed by atoms with Crippen LogP contribution in [0.25, 0.3) is 10.9 Å². The van der Waals surface area contributed by atoms with Crippen LogP contribution in [0.5, 0.6) is 0 Å². The molecule has 0 saturated carbocycles. The molecule has 0 fully saturated rings. The Morgan fingerprint density at radius 1 is 1.05 bits per heavy atom. The van der Waals surface area contributed by atoms with Gasteiger partial charge in [0.2, 0.25) is 11.2 Å². The maximum absolute atomic E-state index is 5.94. The SMILES string of the molecule is CN(C)c1nc(Cl)nc(Sc2ncnc3ccccc23)n1. The highest BCUT2D eigenvalue weighted by molar-refractivity contribution is 7.99. The van der Waals surface area contributed by atoms with E-state index >= 15 is 0 Å². The maximum Gasteiger partial charge on any atom is 0.230 e. The van der Waals surface area contributed by atoms with Gasteiger partial charge in [-0.05, 0) is 29.4 Å². The van der Waals surface area contributed by atoms with Crippen LogP contribution in [-0.2, 0) is 0 Å². The minimum absolute atomic E-state index is 0.162. The van der Waals surface area contributed by atoms with Gasteiger partial charge in [0.1, 0.15) is 11.4 Å². The highest BCUT2D eigenvalue weighted by atomic mass is 35.5. The summed E-state index contributed by atoms with van der Waals surface area (Å²) < 4.78 is 0. The van der Waals surface area contributed by atoms with Crippen molar-refractivity contribution in [2.24, 2.45) is 0 Å². The van der Waals surface area contributed by atoms with Gasteiger partial charge in [-0.1, -0.05) is 18.2 Å². The Morgan fingerprint density at radius 2 is 1.86 bits per heavy atom. The van der Waals surface area contributed by atoms with Crippen LogP contribution >= 0.6 is 23.4 Å². The Kier molecular flexibility index (Phi) is 3.85. The second-order valence-electron chi connectivity index (χ2n) is 4.38. The summed E-state index contributed by atoms with van der Waals surface area (Å²) in [5.74, 6) is 0.510. The largest absolute Gasteiger partial charge is 0.347 e. The van der Waals surface area contributed by atoms with Crippen LogP contribution in [0, 0.1) is 0 Å². The molecule has 0 spiro atoms. The number of aromatic nitrogens is 5. The molecule has 0 radical (unpaired) electrons.